The number of likely N-dealkylation sites (tertiary alicyclic amines) is 1. The molecule has 0 radical (unpaired) electrons. The van der Waals surface area contributed by atoms with Crippen LogP contribution in [-0.4, -0.2) is 54.8 Å². The first-order chi connectivity index (χ1) is 10.9. The number of amides is 1. The molecule has 1 heterocycles. The highest BCUT2D eigenvalue weighted by Crippen LogP contribution is 2.19. The average molecular weight is 325 g/mol. The summed E-state index contributed by atoms with van der Waals surface area (Å²) >= 11 is 0. The molecule has 0 bridgehead atoms. The van der Waals surface area contributed by atoms with Crippen LogP contribution in [0, 0.1) is 0 Å². The third-order valence-electron chi connectivity index (χ3n) is 3.28. The molecule has 0 aromatic carbocycles. The molecule has 1 fully saturated rings. The van der Waals surface area contributed by atoms with Gasteiger partial charge in [-0.05, 0) is 32.8 Å². The van der Waals surface area contributed by atoms with Crippen molar-refractivity contribution in [1.82, 2.24) is 4.90 Å². The van der Waals surface area contributed by atoms with Gasteiger partial charge in [0.25, 0.3) is 0 Å². The van der Waals surface area contributed by atoms with Gasteiger partial charge in [-0.25, -0.2) is 9.59 Å². The van der Waals surface area contributed by atoms with E-state index >= 15 is 0 Å². The van der Waals surface area contributed by atoms with Crippen molar-refractivity contribution in [3.63, 3.8) is 0 Å². The highest BCUT2D eigenvalue weighted by atomic mass is 16.7. The van der Waals surface area contributed by atoms with Gasteiger partial charge in [0.05, 0.1) is 6.61 Å². The van der Waals surface area contributed by atoms with Crippen LogP contribution >= 0.6 is 0 Å². The van der Waals surface area contributed by atoms with Crippen molar-refractivity contribution in [2.45, 2.75) is 39.0 Å². The van der Waals surface area contributed by atoms with Gasteiger partial charge in [0, 0.05) is 12.1 Å². The first-order valence-electron chi connectivity index (χ1n) is 7.44. The van der Waals surface area contributed by atoms with Gasteiger partial charge in [-0.15, -0.1) is 0 Å². The first-order valence-corrected chi connectivity index (χ1v) is 7.44. The van der Waals surface area contributed by atoms with E-state index in [9.17, 15) is 14.4 Å². The van der Waals surface area contributed by atoms with E-state index in [2.05, 4.69) is 13.2 Å². The van der Waals surface area contributed by atoms with Crippen molar-refractivity contribution in [3.8, 4) is 0 Å². The monoisotopic (exact) mass is 325 g/mol. The second kappa shape index (κ2) is 9.09. The van der Waals surface area contributed by atoms with E-state index in [1.165, 1.54) is 11.0 Å². The van der Waals surface area contributed by atoms with Gasteiger partial charge in [-0.1, -0.05) is 13.2 Å². The minimum Gasteiger partial charge on any atom is -0.460 e. The summed E-state index contributed by atoms with van der Waals surface area (Å²) in [5, 5.41) is 0. The summed E-state index contributed by atoms with van der Waals surface area (Å²) < 4.78 is 15.3. The standard InChI is InChI=1S/C16H23NO6/c1-5-14(18)17-8-6-7-13(17)16(20)23-12(4)21-9-10-22-15(19)11(2)3/h5,12-13H,1-2,6-10H2,3-4H3. The molecule has 0 spiro atoms. The zero-order valence-corrected chi connectivity index (χ0v) is 13.6. The van der Waals surface area contributed by atoms with Gasteiger partial charge in [0.15, 0.2) is 6.29 Å². The smallest absolute Gasteiger partial charge is 0.333 e. The number of rotatable bonds is 8. The molecular formula is C16H23NO6. The Morgan fingerprint density at radius 2 is 2.04 bits per heavy atom. The van der Waals surface area contributed by atoms with Crippen molar-refractivity contribution in [3.05, 3.63) is 24.8 Å². The van der Waals surface area contributed by atoms with Crippen LogP contribution in [0.15, 0.2) is 24.8 Å². The largest absolute Gasteiger partial charge is 0.460 e. The molecule has 7 heteroatoms. The third kappa shape index (κ3) is 5.86. The Balaban J connectivity index is 2.33. The Bertz CT molecular complexity index is 487. The van der Waals surface area contributed by atoms with Gasteiger partial charge in [0.1, 0.15) is 12.6 Å². The molecule has 0 saturated carbocycles. The Hall–Kier alpha value is -2.15. The summed E-state index contributed by atoms with van der Waals surface area (Å²) in [4.78, 5) is 36.3. The maximum atomic E-state index is 12.1. The lowest BCUT2D eigenvalue weighted by Gasteiger charge is -2.23. The molecule has 0 N–H and O–H groups in total. The number of hydrogen-bond donors (Lipinski definition) is 0. The summed E-state index contributed by atoms with van der Waals surface area (Å²) in [6, 6.07) is -0.604. The fourth-order valence-electron chi connectivity index (χ4n) is 2.14. The summed E-state index contributed by atoms with van der Waals surface area (Å²) in [5.41, 5.74) is 0.303. The lowest BCUT2D eigenvalue weighted by atomic mass is 10.2. The van der Waals surface area contributed by atoms with Crippen molar-refractivity contribution in [2.24, 2.45) is 0 Å². The van der Waals surface area contributed by atoms with Crippen molar-refractivity contribution in [2.75, 3.05) is 19.8 Å². The Kier molecular flexibility index (Phi) is 7.47. The fraction of sp³-hybridized carbons (Fsp3) is 0.562. The molecule has 1 rings (SSSR count). The molecule has 1 saturated heterocycles. The predicted molar refractivity (Wildman–Crippen MR) is 82.2 cm³/mol. The van der Waals surface area contributed by atoms with Crippen molar-refractivity contribution < 1.29 is 28.6 Å². The second-order valence-corrected chi connectivity index (χ2v) is 5.19. The molecule has 0 aromatic heterocycles. The van der Waals surface area contributed by atoms with Crippen LogP contribution in [0.25, 0.3) is 0 Å². The average Bonchev–Trinajstić information content (AvgIpc) is 2.99. The second-order valence-electron chi connectivity index (χ2n) is 5.19. The van der Waals surface area contributed by atoms with Crippen LogP contribution in [0.2, 0.25) is 0 Å². The summed E-state index contributed by atoms with van der Waals surface area (Å²) in [5.74, 6) is -1.29. The zero-order valence-electron chi connectivity index (χ0n) is 13.6. The first kappa shape index (κ1) is 18.9. The van der Waals surface area contributed by atoms with Gasteiger partial charge in [0.2, 0.25) is 5.91 Å². The number of carbonyl (C=O) groups is 3. The van der Waals surface area contributed by atoms with E-state index < -0.39 is 24.3 Å². The van der Waals surface area contributed by atoms with E-state index in [-0.39, 0.29) is 19.1 Å². The third-order valence-corrected chi connectivity index (χ3v) is 3.28. The van der Waals surface area contributed by atoms with Gasteiger partial charge in [-0.2, -0.15) is 0 Å². The number of esters is 2. The summed E-state index contributed by atoms with van der Waals surface area (Å²) in [6.07, 6.45) is 1.68. The SMILES string of the molecule is C=CC(=O)N1CCCC1C(=O)OC(C)OCCOC(=O)C(=C)C. The summed E-state index contributed by atoms with van der Waals surface area (Å²) in [7, 11) is 0. The predicted octanol–water partition coefficient (Wildman–Crippen LogP) is 1.19. The van der Waals surface area contributed by atoms with E-state index in [4.69, 9.17) is 14.2 Å². The molecule has 7 nitrogen and oxygen atoms in total. The Morgan fingerprint density at radius 3 is 2.65 bits per heavy atom. The van der Waals surface area contributed by atoms with Gasteiger partial charge < -0.3 is 19.1 Å². The number of hydrogen-bond acceptors (Lipinski definition) is 6. The lowest BCUT2D eigenvalue weighted by molar-refractivity contribution is -0.183. The molecule has 1 aliphatic heterocycles. The summed E-state index contributed by atoms with van der Waals surface area (Å²) in [6.45, 7) is 10.6. The van der Waals surface area contributed by atoms with Crippen molar-refractivity contribution in [1.29, 1.82) is 0 Å². The van der Waals surface area contributed by atoms with E-state index in [1.807, 2.05) is 0 Å². The maximum absolute atomic E-state index is 12.1. The highest BCUT2D eigenvalue weighted by molar-refractivity contribution is 5.91. The molecule has 2 unspecified atom stereocenters. The van der Waals surface area contributed by atoms with Gasteiger partial charge >= 0.3 is 11.9 Å². The quantitative estimate of drug-likeness (QED) is 0.288. The van der Waals surface area contributed by atoms with Crippen molar-refractivity contribution >= 4 is 17.8 Å². The van der Waals surface area contributed by atoms with E-state index in [0.29, 0.717) is 18.5 Å². The van der Waals surface area contributed by atoms with Gasteiger partial charge in [-0.3, -0.25) is 4.79 Å². The minimum absolute atomic E-state index is 0.0398. The molecule has 0 aromatic rings. The van der Waals surface area contributed by atoms with Crippen LogP contribution in [0.5, 0.6) is 0 Å². The molecule has 128 valence electrons. The number of ether oxygens (including phenoxy) is 3. The highest BCUT2D eigenvalue weighted by Gasteiger charge is 2.34. The molecule has 1 aliphatic rings. The van der Waals surface area contributed by atoms with E-state index in [1.54, 1.807) is 13.8 Å². The molecule has 23 heavy (non-hydrogen) atoms. The number of nitrogens with zero attached hydrogens (tertiary/aromatic N) is 1. The number of carbonyl (C=O) groups excluding carboxylic acids is 3. The van der Waals surface area contributed by atoms with E-state index in [0.717, 1.165) is 6.42 Å². The van der Waals surface area contributed by atoms with Crippen LogP contribution < -0.4 is 0 Å². The van der Waals surface area contributed by atoms with Crippen LogP contribution in [0.3, 0.4) is 0 Å². The Morgan fingerprint density at radius 1 is 1.35 bits per heavy atom. The molecule has 2 atom stereocenters. The molecule has 1 amide bonds. The maximum Gasteiger partial charge on any atom is 0.333 e. The van der Waals surface area contributed by atoms with Crippen LogP contribution in [0.4, 0.5) is 0 Å². The fourth-order valence-corrected chi connectivity index (χ4v) is 2.14. The Labute approximate surface area is 135 Å². The van der Waals surface area contributed by atoms with Crippen LogP contribution in [-0.2, 0) is 28.6 Å². The van der Waals surface area contributed by atoms with Crippen LogP contribution in [0.1, 0.15) is 26.7 Å². The lowest BCUT2D eigenvalue weighted by Crippen LogP contribution is -2.41. The minimum atomic E-state index is -0.799. The topological polar surface area (TPSA) is 82.1 Å². The molecule has 0 aliphatic carbocycles. The normalized spacial score (nSPS) is 18.2. The zero-order chi connectivity index (χ0) is 17.4. The molecular weight excluding hydrogens is 302 g/mol.